The molecule has 2 atom stereocenters. The minimum Gasteiger partial charge on any atom is -0.478 e. The van der Waals surface area contributed by atoms with Crippen LogP contribution in [0.4, 0.5) is 4.39 Å². The van der Waals surface area contributed by atoms with Crippen molar-refractivity contribution in [1.82, 2.24) is 4.90 Å². The molecule has 1 saturated heterocycles. The molecule has 1 heterocycles. The van der Waals surface area contributed by atoms with Gasteiger partial charge >= 0.3 is 5.97 Å². The normalized spacial score (nSPS) is 21.5. The summed E-state index contributed by atoms with van der Waals surface area (Å²) < 4.78 is 13.1. The van der Waals surface area contributed by atoms with Crippen molar-refractivity contribution in [3.05, 3.63) is 71.0 Å². The maximum atomic E-state index is 13.1. The number of likely N-dealkylation sites (tertiary alicyclic amines) is 1. The summed E-state index contributed by atoms with van der Waals surface area (Å²) in [7, 11) is 0. The summed E-state index contributed by atoms with van der Waals surface area (Å²) in [6.45, 7) is 3.95. The number of rotatable bonds is 4. The van der Waals surface area contributed by atoms with Gasteiger partial charge in [0.1, 0.15) is 5.82 Å². The van der Waals surface area contributed by atoms with Gasteiger partial charge in [-0.25, -0.2) is 9.18 Å². The fourth-order valence-electron chi connectivity index (χ4n) is 3.28. The summed E-state index contributed by atoms with van der Waals surface area (Å²) in [6.07, 6.45) is 1.05. The van der Waals surface area contributed by atoms with Crippen molar-refractivity contribution in [2.75, 3.05) is 6.54 Å². The Balaban J connectivity index is 1.67. The minimum atomic E-state index is -0.900. The van der Waals surface area contributed by atoms with Crippen LogP contribution in [0, 0.1) is 5.82 Å². The van der Waals surface area contributed by atoms with Gasteiger partial charge in [-0.2, -0.15) is 0 Å². The summed E-state index contributed by atoms with van der Waals surface area (Å²) >= 11 is 0. The van der Waals surface area contributed by atoms with Gasteiger partial charge in [0.2, 0.25) is 0 Å². The van der Waals surface area contributed by atoms with Gasteiger partial charge in [-0.3, -0.25) is 4.90 Å². The smallest absolute Gasteiger partial charge is 0.335 e. The molecule has 2 aromatic rings. The monoisotopic (exact) mass is 313 g/mol. The Morgan fingerprint density at radius 3 is 2.43 bits per heavy atom. The lowest BCUT2D eigenvalue weighted by atomic mass is 9.97. The highest BCUT2D eigenvalue weighted by molar-refractivity contribution is 5.87. The van der Waals surface area contributed by atoms with E-state index >= 15 is 0 Å². The molecule has 0 spiro atoms. The Morgan fingerprint density at radius 1 is 1.17 bits per heavy atom. The first-order chi connectivity index (χ1) is 11.0. The van der Waals surface area contributed by atoms with Crippen LogP contribution in [0.15, 0.2) is 48.5 Å². The second-order valence-electron chi connectivity index (χ2n) is 6.26. The fourth-order valence-corrected chi connectivity index (χ4v) is 3.28. The molecule has 3 rings (SSSR count). The molecule has 0 aromatic heterocycles. The van der Waals surface area contributed by atoms with E-state index in [9.17, 15) is 9.18 Å². The standard InChI is InChI=1S/C19H20FNO2/c1-13-10-17(15-6-8-18(20)9-7-15)12-21(13)11-14-2-4-16(5-3-14)19(22)23/h2-9,13,17H,10-12H2,1H3,(H,22,23)/t13-,17-/m1/s1. The van der Waals surface area contributed by atoms with E-state index in [2.05, 4.69) is 11.8 Å². The molecule has 0 aliphatic carbocycles. The molecule has 1 aliphatic rings. The molecule has 0 amide bonds. The number of benzene rings is 2. The molecule has 120 valence electrons. The van der Waals surface area contributed by atoms with Crippen molar-refractivity contribution in [2.45, 2.75) is 31.8 Å². The number of hydrogen-bond donors (Lipinski definition) is 1. The van der Waals surface area contributed by atoms with Gasteiger partial charge in [-0.1, -0.05) is 24.3 Å². The second-order valence-corrected chi connectivity index (χ2v) is 6.26. The minimum absolute atomic E-state index is 0.199. The zero-order valence-electron chi connectivity index (χ0n) is 13.1. The van der Waals surface area contributed by atoms with E-state index < -0.39 is 5.97 Å². The molecule has 1 aliphatic heterocycles. The molecular weight excluding hydrogens is 293 g/mol. The summed E-state index contributed by atoms with van der Waals surface area (Å²) in [5.74, 6) is -0.679. The third kappa shape index (κ3) is 3.59. The molecule has 1 N–H and O–H groups in total. The van der Waals surface area contributed by atoms with Crippen LogP contribution in [0.5, 0.6) is 0 Å². The lowest BCUT2D eigenvalue weighted by Gasteiger charge is -2.21. The van der Waals surface area contributed by atoms with Crippen LogP contribution in [0.25, 0.3) is 0 Å². The average Bonchev–Trinajstić information content (AvgIpc) is 2.89. The van der Waals surface area contributed by atoms with Gasteiger partial charge in [0.05, 0.1) is 5.56 Å². The van der Waals surface area contributed by atoms with Gasteiger partial charge in [0.25, 0.3) is 0 Å². The van der Waals surface area contributed by atoms with Crippen LogP contribution >= 0.6 is 0 Å². The summed E-state index contributed by atoms with van der Waals surface area (Å²) in [6, 6.07) is 14.3. The van der Waals surface area contributed by atoms with Crippen molar-refractivity contribution in [1.29, 1.82) is 0 Å². The van der Waals surface area contributed by atoms with E-state index in [1.807, 2.05) is 24.3 Å². The summed E-state index contributed by atoms with van der Waals surface area (Å²) in [5.41, 5.74) is 2.61. The first-order valence-corrected chi connectivity index (χ1v) is 7.84. The maximum absolute atomic E-state index is 13.1. The third-order valence-electron chi connectivity index (χ3n) is 4.63. The number of carboxylic acids is 1. The zero-order chi connectivity index (χ0) is 16.4. The van der Waals surface area contributed by atoms with Gasteiger partial charge in [-0.05, 0) is 54.7 Å². The highest BCUT2D eigenvalue weighted by Crippen LogP contribution is 2.32. The molecule has 23 heavy (non-hydrogen) atoms. The van der Waals surface area contributed by atoms with Crippen LogP contribution in [0.2, 0.25) is 0 Å². The van der Waals surface area contributed by atoms with Crippen LogP contribution < -0.4 is 0 Å². The first-order valence-electron chi connectivity index (χ1n) is 7.84. The predicted octanol–water partition coefficient (Wildman–Crippen LogP) is 3.90. The first kappa shape index (κ1) is 15.7. The Hall–Kier alpha value is -2.20. The van der Waals surface area contributed by atoms with E-state index in [-0.39, 0.29) is 5.82 Å². The Morgan fingerprint density at radius 2 is 1.83 bits per heavy atom. The van der Waals surface area contributed by atoms with Crippen molar-refractivity contribution < 1.29 is 14.3 Å². The van der Waals surface area contributed by atoms with Crippen molar-refractivity contribution in [2.24, 2.45) is 0 Å². The topological polar surface area (TPSA) is 40.5 Å². The van der Waals surface area contributed by atoms with Gasteiger partial charge < -0.3 is 5.11 Å². The SMILES string of the molecule is C[C@@H]1C[C@@H](c2ccc(F)cc2)CN1Cc1ccc(C(=O)O)cc1. The number of carbonyl (C=O) groups is 1. The molecular formula is C19H20FNO2. The molecule has 0 radical (unpaired) electrons. The van der Waals surface area contributed by atoms with Gasteiger partial charge in [0, 0.05) is 19.1 Å². The van der Waals surface area contributed by atoms with Gasteiger partial charge in [0.15, 0.2) is 0 Å². The van der Waals surface area contributed by atoms with Crippen LogP contribution in [0.1, 0.15) is 40.7 Å². The Labute approximate surface area is 135 Å². The fraction of sp³-hybridized carbons (Fsp3) is 0.316. The maximum Gasteiger partial charge on any atom is 0.335 e. The Bertz CT molecular complexity index is 682. The van der Waals surface area contributed by atoms with E-state index in [1.54, 1.807) is 12.1 Å². The van der Waals surface area contributed by atoms with Gasteiger partial charge in [-0.15, -0.1) is 0 Å². The molecule has 0 unspecified atom stereocenters. The Kier molecular flexibility index (Phi) is 4.44. The number of nitrogens with zero attached hydrogens (tertiary/aromatic N) is 1. The highest BCUT2D eigenvalue weighted by Gasteiger charge is 2.29. The number of carboxylic acid groups (broad SMARTS) is 1. The van der Waals surface area contributed by atoms with Crippen LogP contribution in [0.3, 0.4) is 0 Å². The number of aromatic carboxylic acids is 1. The summed E-state index contributed by atoms with van der Waals surface area (Å²) in [4.78, 5) is 13.3. The third-order valence-corrected chi connectivity index (χ3v) is 4.63. The van der Waals surface area contributed by atoms with Crippen molar-refractivity contribution in [3.63, 3.8) is 0 Å². The molecule has 0 saturated carbocycles. The lowest BCUT2D eigenvalue weighted by Crippen LogP contribution is -2.26. The summed E-state index contributed by atoms with van der Waals surface area (Å²) in [5, 5.41) is 8.95. The second kappa shape index (κ2) is 6.50. The number of hydrogen-bond acceptors (Lipinski definition) is 2. The zero-order valence-corrected chi connectivity index (χ0v) is 13.1. The van der Waals surface area contributed by atoms with Crippen molar-refractivity contribution in [3.8, 4) is 0 Å². The average molecular weight is 313 g/mol. The van der Waals surface area contributed by atoms with Crippen LogP contribution in [-0.4, -0.2) is 28.6 Å². The number of halogens is 1. The van der Waals surface area contributed by atoms with Crippen LogP contribution in [-0.2, 0) is 6.54 Å². The van der Waals surface area contributed by atoms with E-state index in [1.165, 1.54) is 17.7 Å². The largest absolute Gasteiger partial charge is 0.478 e. The van der Waals surface area contributed by atoms with E-state index in [4.69, 9.17) is 5.11 Å². The van der Waals surface area contributed by atoms with Crippen molar-refractivity contribution >= 4 is 5.97 Å². The highest BCUT2D eigenvalue weighted by atomic mass is 19.1. The molecule has 1 fully saturated rings. The molecule has 0 bridgehead atoms. The quantitative estimate of drug-likeness (QED) is 0.930. The predicted molar refractivity (Wildman–Crippen MR) is 87.0 cm³/mol. The molecule has 4 heteroatoms. The van der Waals surface area contributed by atoms with E-state index in [0.29, 0.717) is 17.5 Å². The molecule has 2 aromatic carbocycles. The molecule has 3 nitrogen and oxygen atoms in total. The lowest BCUT2D eigenvalue weighted by molar-refractivity contribution is 0.0697. The van der Waals surface area contributed by atoms with E-state index in [0.717, 1.165) is 25.1 Å².